The first-order valence-corrected chi connectivity index (χ1v) is 5.58. The van der Waals surface area contributed by atoms with Crippen LogP contribution in [0.15, 0.2) is 0 Å². The van der Waals surface area contributed by atoms with Gasteiger partial charge in [0.25, 0.3) is 0 Å². The van der Waals surface area contributed by atoms with Gasteiger partial charge in [0.15, 0.2) is 0 Å². The Labute approximate surface area is 101 Å². The van der Waals surface area contributed by atoms with Gasteiger partial charge in [0.2, 0.25) is 5.91 Å². The van der Waals surface area contributed by atoms with Crippen LogP contribution in [-0.4, -0.2) is 36.4 Å². The Morgan fingerprint density at radius 2 is 1.88 bits per heavy atom. The number of rotatable bonds is 7. The molecule has 0 spiro atoms. The van der Waals surface area contributed by atoms with Crippen molar-refractivity contribution in [3.63, 3.8) is 0 Å². The highest BCUT2D eigenvalue weighted by atomic mass is 16.5. The van der Waals surface area contributed by atoms with Crippen molar-refractivity contribution >= 4 is 17.7 Å². The quantitative estimate of drug-likeness (QED) is 0.602. The molecule has 0 aromatic rings. The minimum absolute atomic E-state index is 0.152. The van der Waals surface area contributed by atoms with Gasteiger partial charge in [0, 0.05) is 19.9 Å². The number of carbonyl (C=O) groups excluding carboxylic acids is 3. The molecule has 17 heavy (non-hydrogen) atoms. The number of ketones is 1. The van der Waals surface area contributed by atoms with Crippen molar-refractivity contribution in [1.82, 2.24) is 5.32 Å². The molecular weight excluding hydrogens is 224 g/mol. The van der Waals surface area contributed by atoms with Gasteiger partial charge >= 0.3 is 5.97 Å². The maximum atomic E-state index is 11.2. The average Bonchev–Trinajstić information content (AvgIpc) is 2.23. The zero-order valence-corrected chi connectivity index (χ0v) is 10.5. The van der Waals surface area contributed by atoms with Crippen molar-refractivity contribution in [3.8, 4) is 0 Å². The van der Waals surface area contributed by atoms with Gasteiger partial charge in [-0.25, -0.2) is 0 Å². The van der Waals surface area contributed by atoms with Crippen LogP contribution in [0.5, 0.6) is 0 Å². The summed E-state index contributed by atoms with van der Waals surface area (Å²) in [6, 6.07) is -0.881. The molecule has 0 aliphatic rings. The second-order valence-electron chi connectivity index (χ2n) is 3.78. The first-order valence-electron chi connectivity index (χ1n) is 5.58. The van der Waals surface area contributed by atoms with Crippen molar-refractivity contribution in [3.05, 3.63) is 0 Å². The van der Waals surface area contributed by atoms with Gasteiger partial charge in [-0.05, 0) is 20.3 Å². The molecule has 0 saturated carbocycles. The minimum atomic E-state index is -0.881. The number of nitrogens with one attached hydrogen (secondary N) is 1. The fraction of sp³-hybridized carbons (Fsp3) is 0.727. The van der Waals surface area contributed by atoms with E-state index in [1.54, 1.807) is 0 Å². The molecule has 6 nitrogen and oxygen atoms in total. The summed E-state index contributed by atoms with van der Waals surface area (Å²) in [6.07, 6.45) is -0.327. The number of carbonyl (C=O) groups is 3. The van der Waals surface area contributed by atoms with Crippen LogP contribution < -0.4 is 11.1 Å². The maximum absolute atomic E-state index is 11.2. The highest BCUT2D eigenvalue weighted by molar-refractivity contribution is 5.82. The summed E-state index contributed by atoms with van der Waals surface area (Å²) in [5.74, 6) is -0.935. The Morgan fingerprint density at radius 3 is 2.29 bits per heavy atom. The molecule has 0 aliphatic heterocycles. The summed E-state index contributed by atoms with van der Waals surface area (Å²) in [5.41, 5.74) is 5.61. The van der Waals surface area contributed by atoms with Crippen molar-refractivity contribution in [2.75, 3.05) is 6.54 Å². The van der Waals surface area contributed by atoms with Crippen LogP contribution in [0.25, 0.3) is 0 Å². The Hall–Kier alpha value is -1.43. The van der Waals surface area contributed by atoms with E-state index < -0.39 is 18.1 Å². The molecule has 0 saturated heterocycles. The van der Waals surface area contributed by atoms with E-state index in [1.807, 2.05) is 6.92 Å². The Morgan fingerprint density at radius 1 is 1.29 bits per heavy atom. The van der Waals surface area contributed by atoms with Gasteiger partial charge in [0.05, 0.1) is 0 Å². The summed E-state index contributed by atoms with van der Waals surface area (Å²) in [6.45, 7) is 4.91. The molecule has 2 atom stereocenters. The molecule has 0 radical (unpaired) electrons. The fourth-order valence-electron chi connectivity index (χ4n) is 1.35. The zero-order chi connectivity index (χ0) is 13.4. The van der Waals surface area contributed by atoms with Crippen molar-refractivity contribution in [2.24, 2.45) is 5.73 Å². The average molecular weight is 244 g/mol. The molecule has 3 N–H and O–H groups in total. The molecule has 1 amide bonds. The SMILES string of the molecule is CCNC(=O)CCC(OC(C)=O)C(N)C(C)=O. The van der Waals surface area contributed by atoms with E-state index in [9.17, 15) is 14.4 Å². The zero-order valence-electron chi connectivity index (χ0n) is 10.5. The topological polar surface area (TPSA) is 98.5 Å². The predicted octanol–water partition coefficient (Wildman–Crippen LogP) is -0.249. The maximum Gasteiger partial charge on any atom is 0.302 e. The predicted molar refractivity (Wildman–Crippen MR) is 62.1 cm³/mol. The van der Waals surface area contributed by atoms with Gasteiger partial charge in [-0.2, -0.15) is 0 Å². The first-order chi connectivity index (χ1) is 7.88. The molecule has 0 aliphatic carbocycles. The van der Waals surface area contributed by atoms with Crippen LogP contribution in [0.1, 0.15) is 33.6 Å². The third-order valence-electron chi connectivity index (χ3n) is 2.22. The van der Waals surface area contributed by atoms with E-state index in [1.165, 1.54) is 13.8 Å². The second kappa shape index (κ2) is 7.78. The Bertz CT molecular complexity index is 291. The van der Waals surface area contributed by atoms with Gasteiger partial charge in [-0.3, -0.25) is 14.4 Å². The lowest BCUT2D eigenvalue weighted by molar-refractivity contribution is -0.149. The van der Waals surface area contributed by atoms with E-state index in [0.717, 1.165) is 0 Å². The molecule has 0 heterocycles. The van der Waals surface area contributed by atoms with Crippen LogP contribution in [0, 0.1) is 0 Å². The van der Waals surface area contributed by atoms with Crippen molar-refractivity contribution in [1.29, 1.82) is 0 Å². The first kappa shape index (κ1) is 15.6. The molecule has 0 aromatic heterocycles. The third kappa shape index (κ3) is 6.68. The normalized spacial score (nSPS) is 13.6. The van der Waals surface area contributed by atoms with Gasteiger partial charge in [-0.1, -0.05) is 0 Å². The van der Waals surface area contributed by atoms with Crippen LogP contribution in [0.2, 0.25) is 0 Å². The number of hydrogen-bond acceptors (Lipinski definition) is 5. The standard InChI is InChI=1S/C11H20N2O4/c1-4-13-10(16)6-5-9(17-8(3)15)11(12)7(2)14/h9,11H,4-6,12H2,1-3H3,(H,13,16). The molecular formula is C11H20N2O4. The highest BCUT2D eigenvalue weighted by Crippen LogP contribution is 2.08. The largest absolute Gasteiger partial charge is 0.460 e. The smallest absolute Gasteiger partial charge is 0.302 e. The summed E-state index contributed by atoms with van der Waals surface area (Å²) in [4.78, 5) is 33.2. The summed E-state index contributed by atoms with van der Waals surface area (Å²) < 4.78 is 4.94. The number of amides is 1. The highest BCUT2D eigenvalue weighted by Gasteiger charge is 2.25. The summed E-state index contributed by atoms with van der Waals surface area (Å²) in [5, 5.41) is 2.62. The van der Waals surface area contributed by atoms with E-state index in [2.05, 4.69) is 5.32 Å². The fourth-order valence-corrected chi connectivity index (χ4v) is 1.35. The minimum Gasteiger partial charge on any atom is -0.460 e. The lowest BCUT2D eigenvalue weighted by Crippen LogP contribution is -2.43. The van der Waals surface area contributed by atoms with Crippen LogP contribution in [0.4, 0.5) is 0 Å². The van der Waals surface area contributed by atoms with Crippen LogP contribution >= 0.6 is 0 Å². The molecule has 0 fully saturated rings. The monoisotopic (exact) mass is 244 g/mol. The lowest BCUT2D eigenvalue weighted by Gasteiger charge is -2.21. The second-order valence-corrected chi connectivity index (χ2v) is 3.78. The van der Waals surface area contributed by atoms with Crippen molar-refractivity contribution in [2.45, 2.75) is 45.8 Å². The molecule has 6 heteroatoms. The van der Waals surface area contributed by atoms with Gasteiger partial charge in [0.1, 0.15) is 17.9 Å². The van der Waals surface area contributed by atoms with E-state index in [0.29, 0.717) is 6.54 Å². The molecule has 2 unspecified atom stereocenters. The van der Waals surface area contributed by atoms with E-state index in [4.69, 9.17) is 10.5 Å². The molecule has 98 valence electrons. The Kier molecular flexibility index (Phi) is 7.13. The van der Waals surface area contributed by atoms with Crippen LogP contribution in [0.3, 0.4) is 0 Å². The molecule has 0 aromatic carbocycles. The summed E-state index contributed by atoms with van der Waals surface area (Å²) >= 11 is 0. The van der Waals surface area contributed by atoms with Gasteiger partial charge < -0.3 is 15.8 Å². The number of esters is 1. The molecule has 0 rings (SSSR count). The third-order valence-corrected chi connectivity index (χ3v) is 2.22. The van der Waals surface area contributed by atoms with Gasteiger partial charge in [-0.15, -0.1) is 0 Å². The lowest BCUT2D eigenvalue weighted by atomic mass is 10.0. The Balaban J connectivity index is 4.33. The van der Waals surface area contributed by atoms with Crippen LogP contribution in [-0.2, 0) is 19.1 Å². The number of hydrogen-bond donors (Lipinski definition) is 2. The molecule has 0 bridgehead atoms. The van der Waals surface area contributed by atoms with E-state index in [-0.39, 0.29) is 24.5 Å². The summed E-state index contributed by atoms with van der Waals surface area (Å²) in [7, 11) is 0. The number of Topliss-reactive ketones (excluding diaryl/α,β-unsaturated/α-hetero) is 1. The van der Waals surface area contributed by atoms with Crippen molar-refractivity contribution < 1.29 is 19.1 Å². The van der Waals surface area contributed by atoms with E-state index >= 15 is 0 Å². The number of nitrogens with two attached hydrogens (primary N) is 1. The number of ether oxygens (including phenoxy) is 1.